The van der Waals surface area contributed by atoms with Gasteiger partial charge in [-0.25, -0.2) is 0 Å². The molecular weight excluding hydrogens is 266 g/mol. The standard InChI is InChI=1S/C16H17N3O2/c1-18-16(21)14(11-6-3-2-4-7-11)19-15(20)12-8-5-9-13(17)10-12/h2-10,14H,17H2,1H3,(H,18,21)(H,19,20). The number of amides is 2. The van der Waals surface area contributed by atoms with Crippen molar-refractivity contribution in [3.8, 4) is 0 Å². The highest BCUT2D eigenvalue weighted by atomic mass is 16.2. The van der Waals surface area contributed by atoms with Gasteiger partial charge < -0.3 is 16.4 Å². The first-order valence-corrected chi connectivity index (χ1v) is 6.54. The van der Waals surface area contributed by atoms with Gasteiger partial charge in [0.2, 0.25) is 5.91 Å². The zero-order chi connectivity index (χ0) is 15.2. The molecular formula is C16H17N3O2. The van der Waals surface area contributed by atoms with Crippen LogP contribution in [0.2, 0.25) is 0 Å². The number of nitrogen functional groups attached to an aromatic ring is 1. The van der Waals surface area contributed by atoms with E-state index in [1.807, 2.05) is 18.2 Å². The molecule has 4 N–H and O–H groups in total. The number of carbonyl (C=O) groups is 2. The zero-order valence-corrected chi connectivity index (χ0v) is 11.7. The maximum absolute atomic E-state index is 12.3. The van der Waals surface area contributed by atoms with E-state index in [1.54, 1.807) is 36.4 Å². The van der Waals surface area contributed by atoms with E-state index in [2.05, 4.69) is 10.6 Å². The van der Waals surface area contributed by atoms with Crippen molar-refractivity contribution in [3.05, 3.63) is 65.7 Å². The summed E-state index contributed by atoms with van der Waals surface area (Å²) in [5.41, 5.74) is 7.30. The van der Waals surface area contributed by atoms with Gasteiger partial charge in [0, 0.05) is 18.3 Å². The van der Waals surface area contributed by atoms with Crippen molar-refractivity contribution in [1.82, 2.24) is 10.6 Å². The summed E-state index contributed by atoms with van der Waals surface area (Å²) in [6, 6.07) is 14.9. The highest BCUT2D eigenvalue weighted by Crippen LogP contribution is 2.14. The average Bonchev–Trinajstić information content (AvgIpc) is 2.52. The van der Waals surface area contributed by atoms with Crippen LogP contribution in [0.5, 0.6) is 0 Å². The van der Waals surface area contributed by atoms with E-state index in [-0.39, 0.29) is 11.8 Å². The lowest BCUT2D eigenvalue weighted by molar-refractivity contribution is -0.122. The van der Waals surface area contributed by atoms with Crippen LogP contribution in [0.3, 0.4) is 0 Å². The van der Waals surface area contributed by atoms with Gasteiger partial charge >= 0.3 is 0 Å². The first-order valence-electron chi connectivity index (χ1n) is 6.54. The predicted molar refractivity (Wildman–Crippen MR) is 81.6 cm³/mol. The fourth-order valence-corrected chi connectivity index (χ4v) is 1.98. The minimum atomic E-state index is -0.745. The summed E-state index contributed by atoms with van der Waals surface area (Å²) in [6.07, 6.45) is 0. The van der Waals surface area contributed by atoms with Gasteiger partial charge in [-0.15, -0.1) is 0 Å². The van der Waals surface area contributed by atoms with Crippen molar-refractivity contribution in [2.75, 3.05) is 12.8 Å². The Kier molecular flexibility index (Phi) is 4.56. The smallest absolute Gasteiger partial charge is 0.252 e. The summed E-state index contributed by atoms with van der Waals surface area (Å²) in [6.45, 7) is 0. The molecule has 1 unspecified atom stereocenters. The summed E-state index contributed by atoms with van der Waals surface area (Å²) in [5.74, 6) is -0.627. The second-order valence-electron chi connectivity index (χ2n) is 4.56. The van der Waals surface area contributed by atoms with Crippen LogP contribution in [0.25, 0.3) is 0 Å². The molecule has 0 aromatic heterocycles. The molecule has 0 saturated heterocycles. The van der Waals surface area contributed by atoms with Gasteiger partial charge in [0.05, 0.1) is 0 Å². The Bertz CT molecular complexity index is 641. The topological polar surface area (TPSA) is 84.2 Å². The number of hydrogen-bond donors (Lipinski definition) is 3. The van der Waals surface area contributed by atoms with Crippen molar-refractivity contribution in [2.45, 2.75) is 6.04 Å². The molecule has 0 heterocycles. The second-order valence-corrected chi connectivity index (χ2v) is 4.56. The minimum absolute atomic E-state index is 0.279. The molecule has 0 aliphatic heterocycles. The van der Waals surface area contributed by atoms with Gasteiger partial charge in [0.15, 0.2) is 0 Å². The largest absolute Gasteiger partial charge is 0.399 e. The average molecular weight is 283 g/mol. The molecule has 2 aromatic rings. The number of nitrogens with two attached hydrogens (primary N) is 1. The van der Waals surface area contributed by atoms with Crippen molar-refractivity contribution in [1.29, 1.82) is 0 Å². The van der Waals surface area contributed by atoms with Crippen LogP contribution in [0.15, 0.2) is 54.6 Å². The van der Waals surface area contributed by atoms with Crippen LogP contribution in [0.4, 0.5) is 5.69 Å². The molecule has 0 aliphatic carbocycles. The molecule has 0 fully saturated rings. The first kappa shape index (κ1) is 14.6. The van der Waals surface area contributed by atoms with Crippen molar-refractivity contribution >= 4 is 17.5 Å². The third-order valence-corrected chi connectivity index (χ3v) is 3.07. The SMILES string of the molecule is CNC(=O)C(NC(=O)c1cccc(N)c1)c1ccccc1. The normalized spacial score (nSPS) is 11.5. The third kappa shape index (κ3) is 3.60. The van der Waals surface area contributed by atoms with E-state index in [0.29, 0.717) is 16.8 Å². The fraction of sp³-hybridized carbons (Fsp3) is 0.125. The maximum Gasteiger partial charge on any atom is 0.252 e. The highest BCUT2D eigenvalue weighted by molar-refractivity contribution is 5.98. The van der Waals surface area contributed by atoms with Gasteiger partial charge in [0.1, 0.15) is 6.04 Å². The molecule has 2 aromatic carbocycles. The molecule has 0 aliphatic rings. The Morgan fingerprint density at radius 3 is 2.38 bits per heavy atom. The number of rotatable bonds is 4. The van der Waals surface area contributed by atoms with Gasteiger partial charge in [-0.1, -0.05) is 36.4 Å². The molecule has 0 saturated carbocycles. The second kappa shape index (κ2) is 6.56. The van der Waals surface area contributed by atoms with Crippen LogP contribution in [-0.2, 0) is 4.79 Å². The van der Waals surface area contributed by atoms with Crippen LogP contribution < -0.4 is 16.4 Å². The van der Waals surface area contributed by atoms with Crippen molar-refractivity contribution < 1.29 is 9.59 Å². The van der Waals surface area contributed by atoms with Crippen LogP contribution >= 0.6 is 0 Å². The number of hydrogen-bond acceptors (Lipinski definition) is 3. The van der Waals surface area contributed by atoms with E-state index >= 15 is 0 Å². The van der Waals surface area contributed by atoms with Crippen LogP contribution in [0, 0.1) is 0 Å². The van der Waals surface area contributed by atoms with E-state index in [0.717, 1.165) is 0 Å². The molecule has 2 amide bonds. The summed E-state index contributed by atoms with van der Waals surface area (Å²) in [7, 11) is 1.53. The maximum atomic E-state index is 12.3. The molecule has 0 spiro atoms. The Morgan fingerprint density at radius 2 is 1.76 bits per heavy atom. The molecule has 1 atom stereocenters. The Hall–Kier alpha value is -2.82. The van der Waals surface area contributed by atoms with Gasteiger partial charge in [-0.05, 0) is 23.8 Å². The van der Waals surface area contributed by atoms with Gasteiger partial charge in [-0.3, -0.25) is 9.59 Å². The summed E-state index contributed by atoms with van der Waals surface area (Å²) >= 11 is 0. The Morgan fingerprint density at radius 1 is 1.05 bits per heavy atom. The van der Waals surface area contributed by atoms with Crippen molar-refractivity contribution in [2.24, 2.45) is 0 Å². The number of likely N-dealkylation sites (N-methyl/N-ethyl adjacent to an activating group) is 1. The first-order chi connectivity index (χ1) is 10.1. The Balaban J connectivity index is 2.23. The molecule has 0 bridgehead atoms. The third-order valence-electron chi connectivity index (χ3n) is 3.07. The summed E-state index contributed by atoms with van der Waals surface area (Å²) in [4.78, 5) is 24.2. The van der Waals surface area contributed by atoms with Crippen LogP contribution in [0.1, 0.15) is 22.0 Å². The zero-order valence-electron chi connectivity index (χ0n) is 11.7. The number of nitrogens with one attached hydrogen (secondary N) is 2. The molecule has 21 heavy (non-hydrogen) atoms. The fourth-order valence-electron chi connectivity index (χ4n) is 1.98. The molecule has 2 rings (SSSR count). The summed E-state index contributed by atoms with van der Waals surface area (Å²) in [5, 5.41) is 5.27. The minimum Gasteiger partial charge on any atom is -0.399 e. The van der Waals surface area contributed by atoms with Gasteiger partial charge in [0.25, 0.3) is 5.91 Å². The van der Waals surface area contributed by atoms with E-state index < -0.39 is 6.04 Å². The van der Waals surface area contributed by atoms with E-state index in [1.165, 1.54) is 7.05 Å². The number of benzene rings is 2. The number of anilines is 1. The predicted octanol–water partition coefficient (Wildman–Crippen LogP) is 1.49. The molecule has 5 nitrogen and oxygen atoms in total. The number of carbonyl (C=O) groups excluding carboxylic acids is 2. The monoisotopic (exact) mass is 283 g/mol. The molecule has 108 valence electrons. The molecule has 0 radical (unpaired) electrons. The lowest BCUT2D eigenvalue weighted by Crippen LogP contribution is -2.39. The van der Waals surface area contributed by atoms with Crippen LogP contribution in [-0.4, -0.2) is 18.9 Å². The lowest BCUT2D eigenvalue weighted by atomic mass is 10.1. The summed E-state index contributed by atoms with van der Waals surface area (Å²) < 4.78 is 0. The van der Waals surface area contributed by atoms with Gasteiger partial charge in [-0.2, -0.15) is 0 Å². The lowest BCUT2D eigenvalue weighted by Gasteiger charge is -2.17. The quantitative estimate of drug-likeness (QED) is 0.743. The van der Waals surface area contributed by atoms with Crippen molar-refractivity contribution in [3.63, 3.8) is 0 Å². The van der Waals surface area contributed by atoms with E-state index in [4.69, 9.17) is 5.73 Å². The van der Waals surface area contributed by atoms with E-state index in [9.17, 15) is 9.59 Å². The highest BCUT2D eigenvalue weighted by Gasteiger charge is 2.22. The Labute approximate surface area is 123 Å². The molecule has 5 heteroatoms.